The van der Waals surface area contributed by atoms with E-state index in [-0.39, 0.29) is 23.0 Å². The normalized spacial score (nSPS) is 10.2. The van der Waals surface area contributed by atoms with Crippen LogP contribution in [0.2, 0.25) is 0 Å². The molecule has 0 bridgehead atoms. The molecular weight excluding hydrogens is 260 g/mol. The molecule has 1 N–H and O–H groups in total. The van der Waals surface area contributed by atoms with Crippen LogP contribution < -0.4 is 5.32 Å². The van der Waals surface area contributed by atoms with Crippen molar-refractivity contribution in [2.24, 2.45) is 0 Å². The maximum absolute atomic E-state index is 13.3. The third-order valence-electron chi connectivity index (χ3n) is 2.07. The highest BCUT2D eigenvalue weighted by atomic mass is 32.2. The van der Waals surface area contributed by atoms with Crippen molar-refractivity contribution in [2.45, 2.75) is 6.92 Å². The van der Waals surface area contributed by atoms with Crippen LogP contribution in [0.1, 0.15) is 17.3 Å². The van der Waals surface area contributed by atoms with Gasteiger partial charge in [0, 0.05) is 12.6 Å². The second-order valence-corrected chi connectivity index (χ2v) is 4.48. The van der Waals surface area contributed by atoms with E-state index in [9.17, 15) is 18.4 Å². The number of rotatable bonds is 6. The van der Waals surface area contributed by atoms with Crippen LogP contribution in [0.3, 0.4) is 0 Å². The Kier molecular flexibility index (Phi) is 5.77. The fourth-order valence-electron chi connectivity index (χ4n) is 1.28. The third-order valence-corrected chi connectivity index (χ3v) is 3.00. The molecule has 0 aliphatic carbocycles. The van der Waals surface area contributed by atoms with E-state index in [4.69, 9.17) is 0 Å². The lowest BCUT2D eigenvalue weighted by molar-refractivity contribution is -0.118. The quantitative estimate of drug-likeness (QED) is 0.807. The number of carbonyl (C=O) groups excluding carboxylic acids is 2. The first-order valence-electron chi connectivity index (χ1n) is 5.37. The molecule has 0 radical (unpaired) electrons. The van der Waals surface area contributed by atoms with Gasteiger partial charge < -0.3 is 5.32 Å². The maximum Gasteiger partial charge on any atom is 0.229 e. The van der Waals surface area contributed by atoms with Crippen molar-refractivity contribution in [1.82, 2.24) is 5.32 Å². The first kappa shape index (κ1) is 14.6. The number of amides is 1. The van der Waals surface area contributed by atoms with Crippen LogP contribution in [0.4, 0.5) is 8.78 Å². The minimum Gasteiger partial charge on any atom is -0.356 e. The first-order chi connectivity index (χ1) is 8.54. The van der Waals surface area contributed by atoms with Crippen molar-refractivity contribution in [3.8, 4) is 0 Å². The average molecular weight is 273 g/mol. The summed E-state index contributed by atoms with van der Waals surface area (Å²) in [4.78, 5) is 22.7. The van der Waals surface area contributed by atoms with Gasteiger partial charge in [0.1, 0.15) is 11.6 Å². The zero-order valence-corrected chi connectivity index (χ0v) is 10.7. The first-order valence-corrected chi connectivity index (χ1v) is 6.52. The minimum atomic E-state index is -0.876. The molecule has 0 atom stereocenters. The van der Waals surface area contributed by atoms with Gasteiger partial charge in [0.2, 0.25) is 5.91 Å². The molecule has 0 unspecified atom stereocenters. The Labute approximate surface area is 108 Å². The van der Waals surface area contributed by atoms with Crippen LogP contribution >= 0.6 is 11.8 Å². The van der Waals surface area contributed by atoms with Gasteiger partial charge in [-0.25, -0.2) is 8.78 Å². The van der Waals surface area contributed by atoms with E-state index in [0.717, 1.165) is 23.9 Å². The lowest BCUT2D eigenvalue weighted by atomic mass is 10.1. The molecule has 0 aromatic heterocycles. The number of hydrogen-bond acceptors (Lipinski definition) is 3. The molecule has 0 saturated heterocycles. The molecular formula is C12H13F2NO2S. The van der Waals surface area contributed by atoms with Crippen LogP contribution in [-0.2, 0) is 4.79 Å². The molecule has 98 valence electrons. The van der Waals surface area contributed by atoms with Crippen LogP contribution in [0, 0.1) is 11.6 Å². The molecule has 0 aliphatic rings. The fraction of sp³-hybridized carbons (Fsp3) is 0.333. The lowest BCUT2D eigenvalue weighted by Crippen LogP contribution is -2.25. The Hall–Kier alpha value is -1.43. The SMILES string of the molecule is CCNC(=O)CSCC(=O)c1ccc(F)cc1F. The number of halogens is 2. The summed E-state index contributed by atoms with van der Waals surface area (Å²) in [5.41, 5.74) is -0.153. The van der Waals surface area contributed by atoms with Crippen molar-refractivity contribution >= 4 is 23.5 Å². The van der Waals surface area contributed by atoms with Gasteiger partial charge >= 0.3 is 0 Å². The molecule has 0 aliphatic heterocycles. The summed E-state index contributed by atoms with van der Waals surface area (Å²) in [6.45, 7) is 2.32. The molecule has 1 rings (SSSR count). The highest BCUT2D eigenvalue weighted by Gasteiger charge is 2.13. The van der Waals surface area contributed by atoms with E-state index < -0.39 is 17.4 Å². The summed E-state index contributed by atoms with van der Waals surface area (Å²) < 4.78 is 25.9. The number of thioether (sulfide) groups is 1. The van der Waals surface area contributed by atoms with Gasteiger partial charge in [-0.2, -0.15) is 0 Å². The van der Waals surface area contributed by atoms with Gasteiger partial charge in [-0.1, -0.05) is 0 Å². The smallest absolute Gasteiger partial charge is 0.229 e. The number of ketones is 1. The number of Topliss-reactive ketones (excluding diaryl/α,β-unsaturated/α-hetero) is 1. The second kappa shape index (κ2) is 7.10. The molecule has 1 aromatic rings. The second-order valence-electron chi connectivity index (χ2n) is 3.49. The van der Waals surface area contributed by atoms with Crippen LogP contribution in [0.5, 0.6) is 0 Å². The van der Waals surface area contributed by atoms with E-state index in [1.54, 1.807) is 6.92 Å². The Morgan fingerprint density at radius 3 is 2.61 bits per heavy atom. The van der Waals surface area contributed by atoms with Crippen molar-refractivity contribution in [3.63, 3.8) is 0 Å². The molecule has 0 heterocycles. The average Bonchev–Trinajstić information content (AvgIpc) is 2.29. The largest absolute Gasteiger partial charge is 0.356 e. The van der Waals surface area contributed by atoms with E-state index >= 15 is 0 Å². The van der Waals surface area contributed by atoms with E-state index in [1.807, 2.05) is 0 Å². The number of nitrogens with one attached hydrogen (secondary N) is 1. The molecule has 0 fully saturated rings. The fourth-order valence-corrected chi connectivity index (χ4v) is 2.01. The van der Waals surface area contributed by atoms with Crippen molar-refractivity contribution in [1.29, 1.82) is 0 Å². The van der Waals surface area contributed by atoms with Crippen LogP contribution in [-0.4, -0.2) is 29.7 Å². The Bertz CT molecular complexity index is 452. The lowest BCUT2D eigenvalue weighted by Gasteiger charge is -2.03. The van der Waals surface area contributed by atoms with E-state index in [0.29, 0.717) is 12.6 Å². The third kappa shape index (κ3) is 4.44. The molecule has 1 amide bonds. The summed E-state index contributed by atoms with van der Waals surface area (Å²) in [7, 11) is 0. The highest BCUT2D eigenvalue weighted by molar-refractivity contribution is 8.00. The molecule has 3 nitrogen and oxygen atoms in total. The predicted octanol–water partition coefficient (Wildman–Crippen LogP) is 2.02. The maximum atomic E-state index is 13.3. The molecule has 1 aromatic carbocycles. The van der Waals surface area contributed by atoms with Crippen molar-refractivity contribution < 1.29 is 18.4 Å². The summed E-state index contributed by atoms with van der Waals surface area (Å²) >= 11 is 1.10. The van der Waals surface area contributed by atoms with Crippen LogP contribution in [0.15, 0.2) is 18.2 Å². The standard InChI is InChI=1S/C12H13F2NO2S/c1-2-15-12(17)7-18-6-11(16)9-4-3-8(13)5-10(9)14/h3-5H,2,6-7H2,1H3,(H,15,17). The van der Waals surface area contributed by atoms with Crippen LogP contribution in [0.25, 0.3) is 0 Å². The summed E-state index contributed by atoms with van der Waals surface area (Å²) in [5.74, 6) is -2.10. The Balaban J connectivity index is 2.48. The topological polar surface area (TPSA) is 46.2 Å². The summed E-state index contributed by atoms with van der Waals surface area (Å²) in [6, 6.07) is 2.81. The molecule has 18 heavy (non-hydrogen) atoms. The van der Waals surface area contributed by atoms with Gasteiger partial charge in [0.15, 0.2) is 5.78 Å². The number of hydrogen-bond donors (Lipinski definition) is 1. The van der Waals surface area contributed by atoms with Crippen molar-refractivity contribution in [2.75, 3.05) is 18.1 Å². The number of benzene rings is 1. The molecule has 6 heteroatoms. The van der Waals surface area contributed by atoms with Gasteiger partial charge in [-0.05, 0) is 19.1 Å². The van der Waals surface area contributed by atoms with E-state index in [1.165, 1.54) is 0 Å². The molecule has 0 saturated carbocycles. The zero-order chi connectivity index (χ0) is 13.5. The monoisotopic (exact) mass is 273 g/mol. The van der Waals surface area contributed by atoms with Gasteiger partial charge in [-0.3, -0.25) is 9.59 Å². The number of carbonyl (C=O) groups is 2. The van der Waals surface area contributed by atoms with E-state index in [2.05, 4.69) is 5.32 Å². The van der Waals surface area contributed by atoms with Gasteiger partial charge in [-0.15, -0.1) is 11.8 Å². The molecule has 0 spiro atoms. The summed E-state index contributed by atoms with van der Waals surface area (Å²) in [6.07, 6.45) is 0. The zero-order valence-electron chi connectivity index (χ0n) is 9.83. The predicted molar refractivity (Wildman–Crippen MR) is 66.7 cm³/mol. The van der Waals surface area contributed by atoms with Gasteiger partial charge in [0.05, 0.1) is 17.1 Å². The van der Waals surface area contributed by atoms with Gasteiger partial charge in [0.25, 0.3) is 0 Å². The Morgan fingerprint density at radius 1 is 1.28 bits per heavy atom. The Morgan fingerprint density at radius 2 is 2.00 bits per heavy atom. The minimum absolute atomic E-state index is 0.0142. The van der Waals surface area contributed by atoms with Crippen molar-refractivity contribution in [3.05, 3.63) is 35.4 Å². The highest BCUT2D eigenvalue weighted by Crippen LogP contribution is 2.13. The summed E-state index contributed by atoms with van der Waals surface area (Å²) in [5, 5.41) is 2.58.